The number of hydrogen-bond acceptors (Lipinski definition) is 3. The number of anilines is 1. The lowest BCUT2D eigenvalue weighted by molar-refractivity contribution is -0.0512. The summed E-state index contributed by atoms with van der Waals surface area (Å²) in [5.74, 6) is 0.266. The Kier molecular flexibility index (Phi) is 5.22. The first-order valence-corrected chi connectivity index (χ1v) is 6.58. The molecule has 2 aromatic rings. The molecule has 0 aliphatic heterocycles. The van der Waals surface area contributed by atoms with Crippen molar-refractivity contribution in [3.05, 3.63) is 53.1 Å². The van der Waals surface area contributed by atoms with Crippen LogP contribution in [0.25, 0.3) is 0 Å². The van der Waals surface area contributed by atoms with Crippen molar-refractivity contribution in [2.75, 3.05) is 12.4 Å². The van der Waals surface area contributed by atoms with Crippen LogP contribution >= 0.6 is 11.6 Å². The lowest BCUT2D eigenvalue weighted by Crippen LogP contribution is -2.05. The van der Waals surface area contributed by atoms with E-state index in [1.807, 2.05) is 18.2 Å². The number of benzene rings is 2. The molecule has 112 valence electrons. The van der Waals surface area contributed by atoms with E-state index in [0.717, 1.165) is 11.3 Å². The molecule has 6 heteroatoms. The second kappa shape index (κ2) is 7.13. The highest BCUT2D eigenvalue weighted by Crippen LogP contribution is 2.30. The number of hydrogen-bond donors (Lipinski definition) is 1. The summed E-state index contributed by atoms with van der Waals surface area (Å²) in [6, 6.07) is 12.1. The van der Waals surface area contributed by atoms with Gasteiger partial charge in [-0.05, 0) is 29.8 Å². The molecule has 0 radical (unpaired) electrons. The molecule has 0 fully saturated rings. The summed E-state index contributed by atoms with van der Waals surface area (Å²) >= 11 is 6.03. The van der Waals surface area contributed by atoms with E-state index >= 15 is 0 Å². The maximum absolute atomic E-state index is 12.4. The zero-order valence-electron chi connectivity index (χ0n) is 11.3. The molecule has 0 heterocycles. The van der Waals surface area contributed by atoms with Crippen LogP contribution in [0.15, 0.2) is 42.5 Å². The van der Waals surface area contributed by atoms with Crippen molar-refractivity contribution >= 4 is 17.3 Å². The number of nitrogens with one attached hydrogen (secondary N) is 1. The molecule has 0 aromatic heterocycles. The van der Waals surface area contributed by atoms with E-state index in [2.05, 4.69) is 10.1 Å². The standard InChI is InChI=1S/C15H14ClF2NO2/c1-20-13-7-6-10(8-14(13)21-15(17)18)9-19-12-5-3-2-4-11(12)16/h2-8,15,19H,9H2,1H3. The molecule has 0 saturated heterocycles. The molecular weight excluding hydrogens is 300 g/mol. The van der Waals surface area contributed by atoms with E-state index in [1.54, 1.807) is 18.2 Å². The average molecular weight is 314 g/mol. The first-order chi connectivity index (χ1) is 10.1. The van der Waals surface area contributed by atoms with Crippen LogP contribution < -0.4 is 14.8 Å². The Bertz CT molecular complexity index is 608. The molecule has 0 saturated carbocycles. The zero-order valence-corrected chi connectivity index (χ0v) is 12.0. The fourth-order valence-corrected chi connectivity index (χ4v) is 2.02. The smallest absolute Gasteiger partial charge is 0.387 e. The van der Waals surface area contributed by atoms with Gasteiger partial charge in [-0.15, -0.1) is 0 Å². The Morgan fingerprint density at radius 3 is 2.57 bits per heavy atom. The van der Waals surface area contributed by atoms with Gasteiger partial charge >= 0.3 is 6.61 Å². The van der Waals surface area contributed by atoms with Crippen LogP contribution in [0.2, 0.25) is 5.02 Å². The third-order valence-corrected chi connectivity index (χ3v) is 3.13. The van der Waals surface area contributed by atoms with Crippen molar-refractivity contribution < 1.29 is 18.3 Å². The minimum absolute atomic E-state index is 0.00552. The minimum Gasteiger partial charge on any atom is -0.493 e. The predicted molar refractivity (Wildman–Crippen MR) is 78.4 cm³/mol. The topological polar surface area (TPSA) is 30.5 Å². The van der Waals surface area contributed by atoms with Gasteiger partial charge in [0.05, 0.1) is 17.8 Å². The fraction of sp³-hybridized carbons (Fsp3) is 0.200. The summed E-state index contributed by atoms with van der Waals surface area (Å²) in [4.78, 5) is 0. The van der Waals surface area contributed by atoms with Gasteiger partial charge in [-0.3, -0.25) is 0 Å². The third-order valence-electron chi connectivity index (χ3n) is 2.80. The van der Waals surface area contributed by atoms with Crippen molar-refractivity contribution in [3.63, 3.8) is 0 Å². The Hall–Kier alpha value is -2.01. The number of para-hydroxylation sites is 1. The molecule has 0 spiro atoms. The van der Waals surface area contributed by atoms with Crippen LogP contribution in [0.4, 0.5) is 14.5 Å². The molecule has 0 aliphatic rings. The molecule has 2 rings (SSSR count). The highest BCUT2D eigenvalue weighted by Gasteiger charge is 2.11. The lowest BCUT2D eigenvalue weighted by atomic mass is 10.2. The van der Waals surface area contributed by atoms with Crippen molar-refractivity contribution in [2.24, 2.45) is 0 Å². The molecule has 0 unspecified atom stereocenters. The Labute approximate surface area is 126 Å². The van der Waals surface area contributed by atoms with E-state index in [9.17, 15) is 8.78 Å². The van der Waals surface area contributed by atoms with E-state index in [-0.39, 0.29) is 11.5 Å². The number of rotatable bonds is 6. The van der Waals surface area contributed by atoms with Crippen molar-refractivity contribution in [1.82, 2.24) is 0 Å². The highest BCUT2D eigenvalue weighted by molar-refractivity contribution is 6.33. The number of halogens is 3. The maximum atomic E-state index is 12.4. The van der Waals surface area contributed by atoms with Gasteiger partial charge in [-0.25, -0.2) is 0 Å². The highest BCUT2D eigenvalue weighted by atomic mass is 35.5. The second-order valence-electron chi connectivity index (χ2n) is 4.20. The monoisotopic (exact) mass is 313 g/mol. The van der Waals surface area contributed by atoms with Crippen molar-refractivity contribution in [3.8, 4) is 11.5 Å². The van der Waals surface area contributed by atoms with Gasteiger partial charge in [-0.2, -0.15) is 8.78 Å². The van der Waals surface area contributed by atoms with Gasteiger partial charge in [0, 0.05) is 6.54 Å². The van der Waals surface area contributed by atoms with Crippen LogP contribution in [0.3, 0.4) is 0 Å². The molecule has 0 aliphatic carbocycles. The van der Waals surface area contributed by atoms with Crippen molar-refractivity contribution in [2.45, 2.75) is 13.2 Å². The van der Waals surface area contributed by atoms with Gasteiger partial charge in [0.2, 0.25) is 0 Å². The van der Waals surface area contributed by atoms with Crippen LogP contribution in [-0.2, 0) is 6.54 Å². The second-order valence-corrected chi connectivity index (χ2v) is 4.60. The van der Waals surface area contributed by atoms with E-state index < -0.39 is 6.61 Å². The summed E-state index contributed by atoms with van der Waals surface area (Å²) in [5.41, 5.74) is 1.54. The molecular formula is C15H14ClF2NO2. The molecule has 2 aromatic carbocycles. The summed E-state index contributed by atoms with van der Waals surface area (Å²) < 4.78 is 34.1. The Balaban J connectivity index is 2.12. The van der Waals surface area contributed by atoms with E-state index in [1.165, 1.54) is 13.2 Å². The lowest BCUT2D eigenvalue weighted by Gasteiger charge is -2.13. The number of methoxy groups -OCH3 is 1. The van der Waals surface area contributed by atoms with Gasteiger partial charge in [-0.1, -0.05) is 29.8 Å². The summed E-state index contributed by atoms with van der Waals surface area (Å²) in [6.45, 7) is -2.47. The third kappa shape index (κ3) is 4.23. The summed E-state index contributed by atoms with van der Waals surface area (Å²) in [5, 5.41) is 3.72. The average Bonchev–Trinajstić information content (AvgIpc) is 2.46. The first kappa shape index (κ1) is 15.4. The first-order valence-electron chi connectivity index (χ1n) is 6.20. The Morgan fingerprint density at radius 2 is 1.90 bits per heavy atom. The van der Waals surface area contributed by atoms with Gasteiger partial charge in [0.1, 0.15) is 0 Å². The molecule has 21 heavy (non-hydrogen) atoms. The molecule has 1 N–H and O–H groups in total. The van der Waals surface area contributed by atoms with Crippen LogP contribution in [-0.4, -0.2) is 13.7 Å². The SMILES string of the molecule is COc1ccc(CNc2ccccc2Cl)cc1OC(F)F. The summed E-state index contributed by atoms with van der Waals surface area (Å²) in [6.07, 6.45) is 0. The molecule has 3 nitrogen and oxygen atoms in total. The van der Waals surface area contributed by atoms with Crippen LogP contribution in [0.5, 0.6) is 11.5 Å². The maximum Gasteiger partial charge on any atom is 0.387 e. The molecule has 0 amide bonds. The Morgan fingerprint density at radius 1 is 1.14 bits per heavy atom. The quantitative estimate of drug-likeness (QED) is 0.848. The number of ether oxygens (including phenoxy) is 2. The summed E-state index contributed by atoms with van der Waals surface area (Å²) in [7, 11) is 1.40. The van der Waals surface area contributed by atoms with Gasteiger partial charge < -0.3 is 14.8 Å². The zero-order chi connectivity index (χ0) is 15.2. The van der Waals surface area contributed by atoms with Crippen molar-refractivity contribution in [1.29, 1.82) is 0 Å². The van der Waals surface area contributed by atoms with E-state index in [4.69, 9.17) is 16.3 Å². The van der Waals surface area contributed by atoms with Crippen LogP contribution in [0, 0.1) is 0 Å². The number of alkyl halides is 2. The largest absolute Gasteiger partial charge is 0.493 e. The van der Waals surface area contributed by atoms with Gasteiger partial charge in [0.15, 0.2) is 11.5 Å². The molecule has 0 atom stereocenters. The fourth-order valence-electron chi connectivity index (χ4n) is 1.82. The minimum atomic E-state index is -2.90. The normalized spacial score (nSPS) is 10.5. The predicted octanol–water partition coefficient (Wildman–Crippen LogP) is 4.56. The van der Waals surface area contributed by atoms with Crippen LogP contribution in [0.1, 0.15) is 5.56 Å². The van der Waals surface area contributed by atoms with Gasteiger partial charge in [0.25, 0.3) is 0 Å². The van der Waals surface area contributed by atoms with E-state index in [0.29, 0.717) is 11.6 Å². The molecule has 0 bridgehead atoms.